The average Bonchev–Trinajstić information content (AvgIpc) is 2.66. The van der Waals surface area contributed by atoms with E-state index >= 15 is 0 Å². The number of carbonyl (C=O) groups excluding carboxylic acids is 1. The van der Waals surface area contributed by atoms with Crippen LogP contribution in [0.1, 0.15) is 39.0 Å². The molecule has 0 radical (unpaired) electrons. The summed E-state index contributed by atoms with van der Waals surface area (Å²) in [7, 11) is 0. The highest BCUT2D eigenvalue weighted by Gasteiger charge is 2.09. The van der Waals surface area contributed by atoms with Crippen LogP contribution in [0.3, 0.4) is 0 Å². The Hall–Kier alpha value is -2.59. The van der Waals surface area contributed by atoms with Crippen molar-refractivity contribution in [2.75, 3.05) is 5.75 Å². The molecular weight excluding hydrogens is 352 g/mol. The summed E-state index contributed by atoms with van der Waals surface area (Å²) < 4.78 is 0. The second-order valence-electron chi connectivity index (χ2n) is 5.61. The van der Waals surface area contributed by atoms with Crippen molar-refractivity contribution in [2.24, 2.45) is 5.73 Å². The standard InChI is InChI=1S/C23H28N2OS/c1-5-9-11-14-18(8-4)20-15-21(19(12-7-3)13-10-6-2)25-23(16-20)27-17-22(24)26/h5-16H,17H2,1-4H3,(H2,24,26)/b9-5-,10-6-,12-7-,14-11-,18-8+,19-13+. The molecule has 1 heterocycles. The summed E-state index contributed by atoms with van der Waals surface area (Å²) in [6.07, 6.45) is 20.1. The van der Waals surface area contributed by atoms with Gasteiger partial charge in [-0.2, -0.15) is 0 Å². The minimum absolute atomic E-state index is 0.201. The first-order valence-electron chi connectivity index (χ1n) is 8.91. The van der Waals surface area contributed by atoms with Crippen molar-refractivity contribution in [1.29, 1.82) is 0 Å². The number of carbonyl (C=O) groups is 1. The fraction of sp³-hybridized carbons (Fsp3) is 0.217. The molecule has 0 saturated heterocycles. The molecule has 0 fully saturated rings. The van der Waals surface area contributed by atoms with Crippen LogP contribution in [0, 0.1) is 0 Å². The number of pyridine rings is 1. The topological polar surface area (TPSA) is 56.0 Å². The van der Waals surface area contributed by atoms with Gasteiger partial charge in [-0.15, -0.1) is 0 Å². The molecular formula is C23H28N2OS. The highest BCUT2D eigenvalue weighted by Crippen LogP contribution is 2.27. The van der Waals surface area contributed by atoms with E-state index in [9.17, 15) is 4.79 Å². The molecule has 27 heavy (non-hydrogen) atoms. The van der Waals surface area contributed by atoms with Gasteiger partial charge in [-0.1, -0.05) is 72.5 Å². The molecule has 3 nitrogen and oxygen atoms in total. The molecule has 0 saturated carbocycles. The van der Waals surface area contributed by atoms with E-state index in [1.807, 2.05) is 82.4 Å². The Morgan fingerprint density at radius 2 is 1.74 bits per heavy atom. The summed E-state index contributed by atoms with van der Waals surface area (Å²) in [6, 6.07) is 4.06. The van der Waals surface area contributed by atoms with Crippen LogP contribution >= 0.6 is 11.8 Å². The number of rotatable bonds is 9. The van der Waals surface area contributed by atoms with E-state index < -0.39 is 0 Å². The van der Waals surface area contributed by atoms with Crippen LogP contribution in [0.4, 0.5) is 0 Å². The number of aromatic nitrogens is 1. The molecule has 1 amide bonds. The lowest BCUT2D eigenvalue weighted by molar-refractivity contribution is -0.115. The third kappa shape index (κ3) is 8.09. The van der Waals surface area contributed by atoms with E-state index in [1.165, 1.54) is 11.8 Å². The molecule has 0 spiro atoms. The average molecular weight is 381 g/mol. The van der Waals surface area contributed by atoms with Crippen LogP contribution < -0.4 is 5.73 Å². The summed E-state index contributed by atoms with van der Waals surface area (Å²) in [6.45, 7) is 7.95. The summed E-state index contributed by atoms with van der Waals surface area (Å²) in [4.78, 5) is 15.9. The minimum Gasteiger partial charge on any atom is -0.369 e. The fourth-order valence-electron chi connectivity index (χ4n) is 2.27. The van der Waals surface area contributed by atoms with E-state index in [1.54, 1.807) is 0 Å². The van der Waals surface area contributed by atoms with Crippen molar-refractivity contribution in [3.63, 3.8) is 0 Å². The normalized spacial score (nSPS) is 13.6. The van der Waals surface area contributed by atoms with Gasteiger partial charge in [-0.3, -0.25) is 4.79 Å². The van der Waals surface area contributed by atoms with Gasteiger partial charge in [0.05, 0.1) is 16.5 Å². The van der Waals surface area contributed by atoms with Gasteiger partial charge in [0.25, 0.3) is 0 Å². The molecule has 1 aromatic heterocycles. The lowest BCUT2D eigenvalue weighted by Gasteiger charge is -2.10. The maximum atomic E-state index is 11.2. The third-order valence-electron chi connectivity index (χ3n) is 3.50. The van der Waals surface area contributed by atoms with E-state index in [0.717, 1.165) is 27.4 Å². The van der Waals surface area contributed by atoms with Gasteiger partial charge in [0, 0.05) is 0 Å². The first-order chi connectivity index (χ1) is 13.0. The van der Waals surface area contributed by atoms with E-state index in [-0.39, 0.29) is 11.7 Å². The highest BCUT2D eigenvalue weighted by atomic mass is 32.2. The Morgan fingerprint density at radius 3 is 2.33 bits per heavy atom. The van der Waals surface area contributed by atoms with Crippen molar-refractivity contribution in [1.82, 2.24) is 4.98 Å². The summed E-state index contributed by atoms with van der Waals surface area (Å²) in [5.41, 5.74) is 9.30. The van der Waals surface area contributed by atoms with Crippen molar-refractivity contribution in [3.8, 4) is 0 Å². The Bertz CT molecular complexity index is 812. The Morgan fingerprint density at radius 1 is 1.00 bits per heavy atom. The van der Waals surface area contributed by atoms with Gasteiger partial charge >= 0.3 is 0 Å². The molecule has 0 aliphatic heterocycles. The molecule has 2 N–H and O–H groups in total. The van der Waals surface area contributed by atoms with Crippen LogP contribution in [-0.4, -0.2) is 16.6 Å². The van der Waals surface area contributed by atoms with Crippen molar-refractivity contribution in [3.05, 3.63) is 84.2 Å². The van der Waals surface area contributed by atoms with Gasteiger partial charge in [-0.05, 0) is 56.5 Å². The van der Waals surface area contributed by atoms with Crippen LogP contribution in [0.5, 0.6) is 0 Å². The minimum atomic E-state index is -0.355. The predicted molar refractivity (Wildman–Crippen MR) is 119 cm³/mol. The predicted octanol–water partition coefficient (Wildman–Crippen LogP) is 5.73. The highest BCUT2D eigenvalue weighted by molar-refractivity contribution is 7.99. The number of hydrogen-bond acceptors (Lipinski definition) is 3. The molecule has 0 aliphatic carbocycles. The fourth-order valence-corrected chi connectivity index (χ4v) is 2.94. The SMILES string of the molecule is C\C=C/C=C\C(=C/C)c1cc(SCC(N)=O)nc(C(/C=C\C)=C/C=C\C)c1. The maximum absolute atomic E-state index is 11.2. The quantitative estimate of drug-likeness (QED) is 0.439. The third-order valence-corrected chi connectivity index (χ3v) is 4.43. The summed E-state index contributed by atoms with van der Waals surface area (Å²) in [5, 5.41) is 0.774. The van der Waals surface area contributed by atoms with Crippen molar-refractivity contribution < 1.29 is 4.79 Å². The zero-order chi connectivity index (χ0) is 20.1. The second kappa shape index (κ2) is 12.7. The smallest absolute Gasteiger partial charge is 0.227 e. The largest absolute Gasteiger partial charge is 0.369 e. The first-order valence-corrected chi connectivity index (χ1v) is 9.89. The molecule has 0 unspecified atom stereocenters. The zero-order valence-electron chi connectivity index (χ0n) is 16.5. The van der Waals surface area contributed by atoms with Gasteiger partial charge in [0.1, 0.15) is 0 Å². The Balaban J connectivity index is 3.49. The number of primary amides is 1. The van der Waals surface area contributed by atoms with Gasteiger partial charge in [0.2, 0.25) is 5.91 Å². The number of nitrogens with zero attached hydrogens (tertiary/aromatic N) is 1. The van der Waals surface area contributed by atoms with E-state index in [2.05, 4.69) is 18.2 Å². The number of thioether (sulfide) groups is 1. The van der Waals surface area contributed by atoms with Crippen LogP contribution in [0.25, 0.3) is 11.1 Å². The van der Waals surface area contributed by atoms with Gasteiger partial charge < -0.3 is 5.73 Å². The molecule has 142 valence electrons. The van der Waals surface area contributed by atoms with E-state index in [4.69, 9.17) is 10.7 Å². The number of nitrogens with two attached hydrogens (primary N) is 1. The van der Waals surface area contributed by atoms with Crippen molar-refractivity contribution in [2.45, 2.75) is 32.7 Å². The molecule has 0 bridgehead atoms. The van der Waals surface area contributed by atoms with Gasteiger partial charge in [-0.25, -0.2) is 4.98 Å². The van der Waals surface area contributed by atoms with E-state index in [0.29, 0.717) is 0 Å². The second-order valence-corrected chi connectivity index (χ2v) is 6.61. The molecule has 1 aromatic rings. The van der Waals surface area contributed by atoms with Crippen LogP contribution in [-0.2, 0) is 4.79 Å². The maximum Gasteiger partial charge on any atom is 0.227 e. The summed E-state index contributed by atoms with van der Waals surface area (Å²) >= 11 is 1.35. The first kappa shape index (κ1) is 22.5. The lowest BCUT2D eigenvalue weighted by atomic mass is 10.0. The molecule has 0 aliphatic rings. The molecule has 0 aromatic carbocycles. The Labute approximate surface area is 167 Å². The van der Waals surface area contributed by atoms with Crippen molar-refractivity contribution >= 4 is 28.8 Å². The monoisotopic (exact) mass is 380 g/mol. The molecule has 0 atom stereocenters. The Kier molecular flexibility index (Phi) is 10.6. The van der Waals surface area contributed by atoms with Crippen LogP contribution in [0.15, 0.2) is 77.9 Å². The number of allylic oxidation sites excluding steroid dienone is 12. The molecule has 1 rings (SSSR count). The lowest BCUT2D eigenvalue weighted by Crippen LogP contribution is -2.13. The number of amides is 1. The number of hydrogen-bond donors (Lipinski definition) is 1. The molecule has 4 heteroatoms. The van der Waals surface area contributed by atoms with Crippen LogP contribution in [0.2, 0.25) is 0 Å². The summed E-state index contributed by atoms with van der Waals surface area (Å²) in [5.74, 6) is -0.154. The van der Waals surface area contributed by atoms with Gasteiger partial charge in [0.15, 0.2) is 0 Å². The zero-order valence-corrected chi connectivity index (χ0v) is 17.3.